The summed E-state index contributed by atoms with van der Waals surface area (Å²) in [5.41, 5.74) is 8.42. The van der Waals surface area contributed by atoms with Gasteiger partial charge in [-0.2, -0.15) is 4.98 Å². The molecule has 1 aromatic heterocycles. The van der Waals surface area contributed by atoms with E-state index >= 15 is 0 Å². The first-order chi connectivity index (χ1) is 18.2. The molecule has 2 N–H and O–H groups in total. The molecule has 0 fully saturated rings. The summed E-state index contributed by atoms with van der Waals surface area (Å²) in [5.74, 6) is 0.684. The van der Waals surface area contributed by atoms with E-state index in [1.807, 2.05) is 39.0 Å². The molecule has 1 amide bonds. The van der Waals surface area contributed by atoms with Crippen LogP contribution >= 0.6 is 11.8 Å². The standard InChI is InChI=1S/C30H30FN5OS/c1-17-7-13-25(20(4)14-17)33-28(37)26-21(5)32-29-34-30(38-16-23-15-18(2)6-8-19(23)3)35-36(29)27(26)22-9-11-24(31)12-10-22/h6-15,27H,16H2,1-5H3,(H,33,37)(H,32,34,35). The van der Waals surface area contributed by atoms with Crippen LogP contribution in [0.15, 0.2) is 77.1 Å². The highest BCUT2D eigenvalue weighted by molar-refractivity contribution is 7.98. The zero-order chi connectivity index (χ0) is 27.0. The zero-order valence-electron chi connectivity index (χ0n) is 22.1. The van der Waals surface area contributed by atoms with E-state index in [1.165, 1.54) is 28.8 Å². The van der Waals surface area contributed by atoms with Gasteiger partial charge in [0, 0.05) is 17.1 Å². The topological polar surface area (TPSA) is 71.8 Å². The fourth-order valence-corrected chi connectivity index (χ4v) is 5.57. The molecular weight excluding hydrogens is 497 g/mol. The highest BCUT2D eigenvalue weighted by Crippen LogP contribution is 2.37. The van der Waals surface area contributed by atoms with Crippen molar-refractivity contribution in [2.24, 2.45) is 0 Å². The van der Waals surface area contributed by atoms with Crippen LogP contribution in [0.4, 0.5) is 16.0 Å². The number of nitrogens with one attached hydrogen (secondary N) is 2. The van der Waals surface area contributed by atoms with Gasteiger partial charge in [0.05, 0.1) is 5.57 Å². The number of allylic oxidation sites excluding steroid dienone is 1. The number of halogens is 1. The van der Waals surface area contributed by atoms with Gasteiger partial charge in [0.2, 0.25) is 11.1 Å². The maximum absolute atomic E-state index is 13.8. The fraction of sp³-hybridized carbons (Fsp3) is 0.233. The average molecular weight is 528 g/mol. The number of rotatable bonds is 6. The van der Waals surface area contributed by atoms with E-state index in [9.17, 15) is 9.18 Å². The summed E-state index contributed by atoms with van der Waals surface area (Å²) in [6.45, 7) is 10.0. The lowest BCUT2D eigenvalue weighted by Gasteiger charge is -2.28. The van der Waals surface area contributed by atoms with Crippen LogP contribution in [0.25, 0.3) is 0 Å². The summed E-state index contributed by atoms with van der Waals surface area (Å²) in [6.07, 6.45) is 0. The Morgan fingerprint density at radius 3 is 2.42 bits per heavy atom. The second kappa shape index (κ2) is 10.5. The zero-order valence-corrected chi connectivity index (χ0v) is 22.9. The van der Waals surface area contributed by atoms with Crippen LogP contribution in [0.5, 0.6) is 0 Å². The molecule has 3 aromatic carbocycles. The minimum atomic E-state index is -0.569. The third-order valence-electron chi connectivity index (χ3n) is 6.76. The second-order valence-electron chi connectivity index (χ2n) is 9.77. The first kappa shape index (κ1) is 25.7. The van der Waals surface area contributed by atoms with Gasteiger partial charge in [0.25, 0.3) is 5.91 Å². The van der Waals surface area contributed by atoms with E-state index in [0.29, 0.717) is 22.4 Å². The molecule has 38 heavy (non-hydrogen) atoms. The molecular formula is C30H30FN5OS. The van der Waals surface area contributed by atoms with E-state index in [4.69, 9.17) is 10.1 Å². The van der Waals surface area contributed by atoms with Crippen molar-refractivity contribution in [3.05, 3.63) is 111 Å². The maximum atomic E-state index is 13.8. The lowest BCUT2D eigenvalue weighted by Crippen LogP contribution is -2.31. The van der Waals surface area contributed by atoms with Crippen molar-refractivity contribution in [3.8, 4) is 0 Å². The van der Waals surface area contributed by atoms with Gasteiger partial charge in [-0.1, -0.05) is 65.4 Å². The Morgan fingerprint density at radius 2 is 1.68 bits per heavy atom. The number of benzene rings is 3. The smallest absolute Gasteiger partial charge is 0.255 e. The summed E-state index contributed by atoms with van der Waals surface area (Å²) in [5, 5.41) is 11.7. The number of aryl methyl sites for hydroxylation is 4. The largest absolute Gasteiger partial charge is 0.328 e. The lowest BCUT2D eigenvalue weighted by atomic mass is 9.95. The number of hydrogen-bond acceptors (Lipinski definition) is 5. The second-order valence-corrected chi connectivity index (χ2v) is 10.7. The van der Waals surface area contributed by atoms with Crippen molar-refractivity contribution in [3.63, 3.8) is 0 Å². The molecule has 2 heterocycles. The molecule has 0 saturated heterocycles. The molecule has 1 aliphatic rings. The number of fused-ring (bicyclic) bond motifs is 1. The van der Waals surface area contributed by atoms with Crippen molar-refractivity contribution >= 4 is 29.3 Å². The van der Waals surface area contributed by atoms with E-state index in [-0.39, 0.29) is 11.7 Å². The molecule has 6 nitrogen and oxygen atoms in total. The number of amides is 1. The molecule has 1 atom stereocenters. The van der Waals surface area contributed by atoms with Crippen molar-refractivity contribution in [2.75, 3.05) is 10.6 Å². The first-order valence-corrected chi connectivity index (χ1v) is 13.5. The van der Waals surface area contributed by atoms with Crippen LogP contribution < -0.4 is 10.6 Å². The van der Waals surface area contributed by atoms with Crippen LogP contribution in [-0.2, 0) is 10.5 Å². The SMILES string of the molecule is CC1=C(C(=O)Nc2ccc(C)cc2C)C(c2ccc(F)cc2)n2nc(SCc3cc(C)ccc3C)nc2N1. The Bertz CT molecular complexity index is 1560. The predicted octanol–water partition coefficient (Wildman–Crippen LogP) is 6.87. The molecule has 1 aliphatic heterocycles. The average Bonchev–Trinajstić information content (AvgIpc) is 3.28. The van der Waals surface area contributed by atoms with Gasteiger partial charge in [0.15, 0.2) is 0 Å². The summed E-state index contributed by atoms with van der Waals surface area (Å²) < 4.78 is 15.6. The molecule has 0 radical (unpaired) electrons. The van der Waals surface area contributed by atoms with Crippen LogP contribution in [0.2, 0.25) is 0 Å². The van der Waals surface area contributed by atoms with Crippen molar-refractivity contribution in [1.29, 1.82) is 0 Å². The van der Waals surface area contributed by atoms with Gasteiger partial charge in [-0.3, -0.25) is 4.79 Å². The number of nitrogens with zero attached hydrogens (tertiary/aromatic N) is 3. The highest BCUT2D eigenvalue weighted by atomic mass is 32.2. The number of hydrogen-bond donors (Lipinski definition) is 2. The molecule has 5 rings (SSSR count). The summed E-state index contributed by atoms with van der Waals surface area (Å²) in [4.78, 5) is 18.4. The molecule has 1 unspecified atom stereocenters. The molecule has 194 valence electrons. The maximum Gasteiger partial charge on any atom is 0.255 e. The predicted molar refractivity (Wildman–Crippen MR) is 151 cm³/mol. The van der Waals surface area contributed by atoms with Gasteiger partial charge in [-0.25, -0.2) is 9.07 Å². The minimum absolute atomic E-state index is 0.248. The van der Waals surface area contributed by atoms with Gasteiger partial charge < -0.3 is 10.6 Å². The van der Waals surface area contributed by atoms with Crippen molar-refractivity contribution in [1.82, 2.24) is 14.8 Å². The molecule has 0 spiro atoms. The van der Waals surface area contributed by atoms with Gasteiger partial charge in [-0.05, 0) is 75.1 Å². The molecule has 0 saturated carbocycles. The van der Waals surface area contributed by atoms with E-state index in [0.717, 1.165) is 28.1 Å². The van der Waals surface area contributed by atoms with Crippen LogP contribution in [-0.4, -0.2) is 20.7 Å². The fourth-order valence-electron chi connectivity index (χ4n) is 4.68. The van der Waals surface area contributed by atoms with E-state index in [2.05, 4.69) is 42.7 Å². The summed E-state index contributed by atoms with van der Waals surface area (Å²) in [6, 6.07) is 17.9. The van der Waals surface area contributed by atoms with Gasteiger partial charge in [-0.15, -0.1) is 5.10 Å². The van der Waals surface area contributed by atoms with E-state index in [1.54, 1.807) is 28.6 Å². The monoisotopic (exact) mass is 527 g/mol. The van der Waals surface area contributed by atoms with Crippen molar-refractivity contribution in [2.45, 2.75) is 51.6 Å². The number of carbonyl (C=O) groups excluding carboxylic acids is 1. The minimum Gasteiger partial charge on any atom is -0.328 e. The van der Waals surface area contributed by atoms with Crippen LogP contribution in [0.3, 0.4) is 0 Å². The Kier molecular flexibility index (Phi) is 7.08. The van der Waals surface area contributed by atoms with Crippen molar-refractivity contribution < 1.29 is 9.18 Å². The first-order valence-electron chi connectivity index (χ1n) is 12.5. The number of anilines is 2. The number of aromatic nitrogens is 3. The normalized spacial score (nSPS) is 14.7. The van der Waals surface area contributed by atoms with Gasteiger partial charge in [0.1, 0.15) is 11.9 Å². The Labute approximate surface area is 226 Å². The Hall–Kier alpha value is -3.91. The molecule has 8 heteroatoms. The Morgan fingerprint density at radius 1 is 0.974 bits per heavy atom. The summed E-state index contributed by atoms with van der Waals surface area (Å²) in [7, 11) is 0. The highest BCUT2D eigenvalue weighted by Gasteiger charge is 2.34. The molecule has 4 aromatic rings. The Balaban J connectivity index is 1.49. The quantitative estimate of drug-likeness (QED) is 0.268. The third kappa shape index (κ3) is 5.22. The van der Waals surface area contributed by atoms with Crippen LogP contribution in [0.1, 0.15) is 46.3 Å². The van der Waals surface area contributed by atoms with Gasteiger partial charge >= 0.3 is 0 Å². The van der Waals surface area contributed by atoms with E-state index < -0.39 is 6.04 Å². The molecule has 0 aliphatic carbocycles. The lowest BCUT2D eigenvalue weighted by molar-refractivity contribution is -0.113. The molecule has 0 bridgehead atoms. The number of carbonyl (C=O) groups is 1. The van der Waals surface area contributed by atoms with Crippen LogP contribution in [0, 0.1) is 33.5 Å². The number of thioether (sulfide) groups is 1. The summed E-state index contributed by atoms with van der Waals surface area (Å²) >= 11 is 1.54. The third-order valence-corrected chi connectivity index (χ3v) is 7.64.